The molecule has 5 heteroatoms. The lowest BCUT2D eigenvalue weighted by molar-refractivity contribution is 0.500. The van der Waals surface area contributed by atoms with Crippen molar-refractivity contribution in [3.05, 3.63) is 60.3 Å². The molecule has 2 aromatic heterocycles. The van der Waals surface area contributed by atoms with E-state index in [2.05, 4.69) is 22.2 Å². The molecule has 0 unspecified atom stereocenters. The summed E-state index contributed by atoms with van der Waals surface area (Å²) in [6.07, 6.45) is 4.51. The van der Waals surface area contributed by atoms with Gasteiger partial charge in [0.15, 0.2) is 5.82 Å². The van der Waals surface area contributed by atoms with Gasteiger partial charge in [0.05, 0.1) is 6.21 Å². The number of hydrogen-bond acceptors (Lipinski definition) is 4. The summed E-state index contributed by atoms with van der Waals surface area (Å²) in [5.74, 6) is 3.83. The minimum atomic E-state index is 0.581. The number of furan rings is 1. The molecule has 110 valence electrons. The van der Waals surface area contributed by atoms with E-state index < -0.39 is 0 Å². The second kappa shape index (κ2) is 5.26. The van der Waals surface area contributed by atoms with Crippen LogP contribution in [0.15, 0.2) is 58.3 Å². The van der Waals surface area contributed by atoms with E-state index in [9.17, 15) is 0 Å². The van der Waals surface area contributed by atoms with Gasteiger partial charge in [-0.2, -0.15) is 9.78 Å². The molecule has 0 spiro atoms. The Labute approximate surface area is 128 Å². The van der Waals surface area contributed by atoms with Crippen LogP contribution in [-0.2, 0) is 0 Å². The molecule has 0 bridgehead atoms. The predicted molar refractivity (Wildman–Crippen MR) is 83.7 cm³/mol. The zero-order valence-electron chi connectivity index (χ0n) is 12.3. The molecule has 1 aliphatic rings. The molecular formula is C17H16N4O. The monoisotopic (exact) mass is 292 g/mol. The van der Waals surface area contributed by atoms with Crippen LogP contribution in [0.1, 0.15) is 30.8 Å². The number of benzene rings is 1. The van der Waals surface area contributed by atoms with Gasteiger partial charge in [0.1, 0.15) is 17.8 Å². The second-order valence-corrected chi connectivity index (χ2v) is 5.67. The maximum atomic E-state index is 5.82. The number of nitrogens with zero attached hydrogens (tertiary/aromatic N) is 4. The predicted octanol–water partition coefficient (Wildman–Crippen LogP) is 3.54. The van der Waals surface area contributed by atoms with Crippen molar-refractivity contribution in [2.24, 2.45) is 11.0 Å². The van der Waals surface area contributed by atoms with Gasteiger partial charge in [-0.05, 0) is 24.5 Å². The van der Waals surface area contributed by atoms with Gasteiger partial charge in [0.25, 0.3) is 0 Å². The molecule has 0 saturated heterocycles. The lowest BCUT2D eigenvalue weighted by Crippen LogP contribution is -1.92. The lowest BCUT2D eigenvalue weighted by atomic mass is 10.2. The van der Waals surface area contributed by atoms with Gasteiger partial charge in [-0.15, -0.1) is 10.2 Å². The van der Waals surface area contributed by atoms with E-state index in [1.807, 2.05) is 42.5 Å². The zero-order chi connectivity index (χ0) is 14.9. The topological polar surface area (TPSA) is 56.2 Å². The molecule has 22 heavy (non-hydrogen) atoms. The highest BCUT2D eigenvalue weighted by molar-refractivity contribution is 5.76. The molecule has 5 nitrogen and oxygen atoms in total. The fourth-order valence-corrected chi connectivity index (χ4v) is 2.57. The number of hydrogen-bond donors (Lipinski definition) is 0. The first kappa shape index (κ1) is 13.0. The Kier molecular flexibility index (Phi) is 3.11. The average Bonchev–Trinajstić information content (AvgIpc) is 2.97. The Morgan fingerprint density at radius 1 is 1.23 bits per heavy atom. The first-order valence-electron chi connectivity index (χ1n) is 7.41. The third-order valence-electron chi connectivity index (χ3n) is 3.99. The Morgan fingerprint density at radius 2 is 2.05 bits per heavy atom. The van der Waals surface area contributed by atoms with Crippen LogP contribution >= 0.6 is 0 Å². The lowest BCUT2D eigenvalue weighted by Gasteiger charge is -1.99. The van der Waals surface area contributed by atoms with E-state index in [-0.39, 0.29) is 0 Å². The fraction of sp³-hybridized carbons (Fsp3) is 0.235. The van der Waals surface area contributed by atoms with Gasteiger partial charge in [0, 0.05) is 11.5 Å². The smallest absolute Gasteiger partial charge is 0.184 e. The van der Waals surface area contributed by atoms with E-state index in [0.29, 0.717) is 11.7 Å². The van der Waals surface area contributed by atoms with Crippen LogP contribution in [0.4, 0.5) is 0 Å². The van der Waals surface area contributed by atoms with Crippen LogP contribution in [0, 0.1) is 5.92 Å². The van der Waals surface area contributed by atoms with Gasteiger partial charge >= 0.3 is 0 Å². The fourth-order valence-electron chi connectivity index (χ4n) is 2.57. The van der Waals surface area contributed by atoms with Crippen LogP contribution in [0.25, 0.3) is 11.4 Å². The summed E-state index contributed by atoms with van der Waals surface area (Å²) >= 11 is 0. The maximum absolute atomic E-state index is 5.82. The van der Waals surface area contributed by atoms with Gasteiger partial charge in [-0.1, -0.05) is 37.3 Å². The average molecular weight is 292 g/mol. The highest BCUT2D eigenvalue weighted by atomic mass is 16.3. The summed E-state index contributed by atoms with van der Waals surface area (Å²) < 4.78 is 7.47. The molecular weight excluding hydrogens is 276 g/mol. The van der Waals surface area contributed by atoms with Crippen LogP contribution in [0.2, 0.25) is 0 Å². The van der Waals surface area contributed by atoms with Crippen molar-refractivity contribution in [1.29, 1.82) is 0 Å². The highest BCUT2D eigenvalue weighted by Gasteiger charge is 2.36. The summed E-state index contributed by atoms with van der Waals surface area (Å²) in [6, 6.07) is 13.9. The third-order valence-corrected chi connectivity index (χ3v) is 3.99. The minimum Gasteiger partial charge on any atom is -0.460 e. The van der Waals surface area contributed by atoms with Crippen molar-refractivity contribution >= 4 is 6.21 Å². The van der Waals surface area contributed by atoms with E-state index in [4.69, 9.17) is 4.42 Å². The van der Waals surface area contributed by atoms with Crippen molar-refractivity contribution in [3.8, 4) is 11.4 Å². The van der Waals surface area contributed by atoms with Gasteiger partial charge in [0.2, 0.25) is 0 Å². The SMILES string of the molecule is C[C@@H]1C[C@@H]1c1ccc(/C=N\n2cnnc2-c2ccccc2)o1. The third kappa shape index (κ3) is 2.45. The van der Waals surface area contributed by atoms with E-state index in [1.54, 1.807) is 17.2 Å². The number of rotatable bonds is 4. The molecule has 1 aromatic carbocycles. The molecule has 1 saturated carbocycles. The molecule has 0 N–H and O–H groups in total. The Balaban J connectivity index is 1.56. The van der Waals surface area contributed by atoms with E-state index in [0.717, 1.165) is 23.0 Å². The van der Waals surface area contributed by atoms with E-state index in [1.165, 1.54) is 6.42 Å². The van der Waals surface area contributed by atoms with Crippen molar-refractivity contribution < 1.29 is 4.42 Å². The van der Waals surface area contributed by atoms with Crippen molar-refractivity contribution in [2.45, 2.75) is 19.3 Å². The largest absolute Gasteiger partial charge is 0.460 e. The molecule has 4 rings (SSSR count). The molecule has 0 radical (unpaired) electrons. The molecule has 3 aromatic rings. The normalized spacial score (nSPS) is 20.6. The molecule has 2 atom stereocenters. The molecule has 0 aliphatic heterocycles. The summed E-state index contributed by atoms with van der Waals surface area (Å²) in [5, 5.41) is 12.5. The van der Waals surface area contributed by atoms with Crippen LogP contribution < -0.4 is 0 Å². The van der Waals surface area contributed by atoms with Crippen LogP contribution in [0.5, 0.6) is 0 Å². The minimum absolute atomic E-state index is 0.581. The molecule has 1 aliphatic carbocycles. The second-order valence-electron chi connectivity index (χ2n) is 5.67. The molecule has 0 amide bonds. The van der Waals surface area contributed by atoms with Crippen molar-refractivity contribution in [2.75, 3.05) is 0 Å². The first-order valence-corrected chi connectivity index (χ1v) is 7.41. The summed E-state index contributed by atoms with van der Waals surface area (Å²) in [6.45, 7) is 2.24. The van der Waals surface area contributed by atoms with Crippen molar-refractivity contribution in [1.82, 2.24) is 14.9 Å². The molecule has 2 heterocycles. The molecule has 1 fully saturated rings. The quantitative estimate of drug-likeness (QED) is 0.691. The Hall–Kier alpha value is -2.69. The number of aromatic nitrogens is 3. The van der Waals surface area contributed by atoms with Crippen LogP contribution in [0.3, 0.4) is 0 Å². The van der Waals surface area contributed by atoms with Gasteiger partial charge in [-0.3, -0.25) is 0 Å². The summed E-state index contributed by atoms with van der Waals surface area (Å²) in [5.41, 5.74) is 0.976. The summed E-state index contributed by atoms with van der Waals surface area (Å²) in [7, 11) is 0. The first-order chi connectivity index (χ1) is 10.8. The van der Waals surface area contributed by atoms with Gasteiger partial charge < -0.3 is 4.42 Å². The van der Waals surface area contributed by atoms with E-state index >= 15 is 0 Å². The highest BCUT2D eigenvalue weighted by Crippen LogP contribution is 2.47. The van der Waals surface area contributed by atoms with Gasteiger partial charge in [-0.25, -0.2) is 0 Å². The van der Waals surface area contributed by atoms with Crippen molar-refractivity contribution in [3.63, 3.8) is 0 Å². The Morgan fingerprint density at radius 3 is 2.82 bits per heavy atom. The van der Waals surface area contributed by atoms with Crippen LogP contribution in [-0.4, -0.2) is 21.1 Å². The summed E-state index contributed by atoms with van der Waals surface area (Å²) in [4.78, 5) is 0. The Bertz CT molecular complexity index is 803. The zero-order valence-corrected chi connectivity index (χ0v) is 12.3. The maximum Gasteiger partial charge on any atom is 0.184 e. The standard InChI is InChI=1S/C17H16N4O/c1-12-9-15(12)16-8-7-14(22-16)10-19-21-11-18-20-17(21)13-5-3-2-4-6-13/h2-8,10-12,15H,9H2,1H3/b19-10-/t12-,15+/m1/s1.